The highest BCUT2D eigenvalue weighted by atomic mass is 19.1. The van der Waals surface area contributed by atoms with E-state index in [1.807, 2.05) is 12.3 Å². The Bertz CT molecular complexity index is 582. The van der Waals surface area contributed by atoms with Crippen LogP contribution in [0.2, 0.25) is 0 Å². The van der Waals surface area contributed by atoms with E-state index in [-0.39, 0.29) is 11.7 Å². The Morgan fingerprint density at radius 3 is 3.00 bits per heavy atom. The number of amidine groups is 1. The lowest BCUT2D eigenvalue weighted by atomic mass is 10.1. The van der Waals surface area contributed by atoms with Crippen molar-refractivity contribution in [3.8, 4) is 0 Å². The lowest BCUT2D eigenvalue weighted by molar-refractivity contribution is 0.318. The maximum Gasteiger partial charge on any atom is 0.170 e. The molecule has 106 valence electrons. The average molecular weight is 277 g/mol. The molecule has 0 aliphatic heterocycles. The van der Waals surface area contributed by atoms with Crippen molar-refractivity contribution in [1.82, 2.24) is 15.1 Å². The van der Waals surface area contributed by atoms with Crippen molar-refractivity contribution in [2.24, 2.45) is 10.9 Å². The Morgan fingerprint density at radius 1 is 1.50 bits per heavy atom. The van der Waals surface area contributed by atoms with Crippen molar-refractivity contribution in [3.05, 3.63) is 53.6 Å². The number of oxime groups is 1. The van der Waals surface area contributed by atoms with Gasteiger partial charge in [-0.3, -0.25) is 4.68 Å². The molecule has 0 fully saturated rings. The minimum Gasteiger partial charge on any atom is -0.409 e. The van der Waals surface area contributed by atoms with Crippen LogP contribution in [-0.4, -0.2) is 27.4 Å². The maximum atomic E-state index is 13.8. The zero-order valence-electron chi connectivity index (χ0n) is 10.8. The van der Waals surface area contributed by atoms with Gasteiger partial charge in [-0.25, -0.2) is 4.39 Å². The van der Waals surface area contributed by atoms with E-state index in [2.05, 4.69) is 15.6 Å². The first-order valence-corrected chi connectivity index (χ1v) is 6.15. The van der Waals surface area contributed by atoms with Gasteiger partial charge in [-0.2, -0.15) is 5.10 Å². The van der Waals surface area contributed by atoms with Crippen LogP contribution in [0.4, 0.5) is 4.39 Å². The fraction of sp³-hybridized carbons (Fsp3) is 0.231. The molecule has 2 rings (SSSR count). The van der Waals surface area contributed by atoms with Gasteiger partial charge in [0.05, 0.1) is 6.54 Å². The molecular weight excluding hydrogens is 261 g/mol. The van der Waals surface area contributed by atoms with Gasteiger partial charge in [-0.1, -0.05) is 17.3 Å². The number of nitrogens with zero attached hydrogens (tertiary/aromatic N) is 3. The standard InChI is InChI=1S/C13H16FN5O/c14-12-8-10(13(15)18-20)2-3-11(12)9-16-5-7-19-6-1-4-17-19/h1-4,6,8,16,20H,5,7,9H2,(H2,15,18). The Morgan fingerprint density at radius 2 is 2.35 bits per heavy atom. The van der Waals surface area contributed by atoms with Crippen LogP contribution < -0.4 is 11.1 Å². The molecule has 1 aromatic carbocycles. The summed E-state index contributed by atoms with van der Waals surface area (Å²) in [6.45, 7) is 1.81. The summed E-state index contributed by atoms with van der Waals surface area (Å²) in [4.78, 5) is 0. The molecule has 0 atom stereocenters. The van der Waals surface area contributed by atoms with Gasteiger partial charge in [0.15, 0.2) is 5.84 Å². The van der Waals surface area contributed by atoms with E-state index in [1.165, 1.54) is 6.07 Å². The molecule has 6 nitrogen and oxygen atoms in total. The van der Waals surface area contributed by atoms with Crippen molar-refractivity contribution < 1.29 is 9.60 Å². The molecule has 1 aromatic heterocycles. The fourth-order valence-corrected chi connectivity index (χ4v) is 1.76. The zero-order valence-corrected chi connectivity index (χ0v) is 10.8. The third-order valence-corrected chi connectivity index (χ3v) is 2.85. The molecule has 0 saturated carbocycles. The first-order valence-electron chi connectivity index (χ1n) is 6.15. The van der Waals surface area contributed by atoms with E-state index in [0.717, 1.165) is 6.54 Å². The molecule has 20 heavy (non-hydrogen) atoms. The van der Waals surface area contributed by atoms with Crippen molar-refractivity contribution in [2.75, 3.05) is 6.54 Å². The van der Waals surface area contributed by atoms with E-state index in [9.17, 15) is 4.39 Å². The van der Waals surface area contributed by atoms with Crippen molar-refractivity contribution in [3.63, 3.8) is 0 Å². The molecule has 0 unspecified atom stereocenters. The van der Waals surface area contributed by atoms with Gasteiger partial charge in [-0.05, 0) is 12.1 Å². The van der Waals surface area contributed by atoms with E-state index in [1.54, 1.807) is 23.0 Å². The summed E-state index contributed by atoms with van der Waals surface area (Å²) in [6.07, 6.45) is 3.58. The second-order valence-corrected chi connectivity index (χ2v) is 4.24. The summed E-state index contributed by atoms with van der Waals surface area (Å²) >= 11 is 0. The summed E-state index contributed by atoms with van der Waals surface area (Å²) in [7, 11) is 0. The SMILES string of the molecule is NC(=NO)c1ccc(CNCCn2cccn2)c(F)c1. The predicted octanol–water partition coefficient (Wildman–Crippen LogP) is 0.906. The average Bonchev–Trinajstić information content (AvgIpc) is 2.97. The molecule has 0 radical (unpaired) electrons. The molecule has 7 heteroatoms. The van der Waals surface area contributed by atoms with Crippen molar-refractivity contribution >= 4 is 5.84 Å². The monoisotopic (exact) mass is 277 g/mol. The molecule has 0 saturated heterocycles. The number of benzene rings is 1. The van der Waals surface area contributed by atoms with Crippen LogP contribution in [0.5, 0.6) is 0 Å². The van der Waals surface area contributed by atoms with Gasteiger partial charge in [0.2, 0.25) is 0 Å². The Kier molecular flexibility index (Phi) is 4.67. The smallest absolute Gasteiger partial charge is 0.170 e. The van der Waals surface area contributed by atoms with Crippen LogP contribution in [0.1, 0.15) is 11.1 Å². The summed E-state index contributed by atoms with van der Waals surface area (Å²) in [5.74, 6) is -0.497. The van der Waals surface area contributed by atoms with Crippen LogP contribution >= 0.6 is 0 Å². The van der Waals surface area contributed by atoms with E-state index >= 15 is 0 Å². The normalized spacial score (nSPS) is 11.8. The highest BCUT2D eigenvalue weighted by Crippen LogP contribution is 2.10. The molecule has 0 bridgehead atoms. The zero-order chi connectivity index (χ0) is 14.4. The van der Waals surface area contributed by atoms with Crippen LogP contribution in [0.15, 0.2) is 41.8 Å². The summed E-state index contributed by atoms with van der Waals surface area (Å²) in [5, 5.41) is 18.6. The first kappa shape index (κ1) is 14.0. The predicted molar refractivity (Wildman–Crippen MR) is 72.8 cm³/mol. The second kappa shape index (κ2) is 6.67. The van der Waals surface area contributed by atoms with Gasteiger partial charge in [0.25, 0.3) is 0 Å². The Balaban J connectivity index is 1.87. The van der Waals surface area contributed by atoms with Crippen LogP contribution in [0.3, 0.4) is 0 Å². The highest BCUT2D eigenvalue weighted by molar-refractivity contribution is 5.97. The van der Waals surface area contributed by atoms with Gasteiger partial charge < -0.3 is 16.3 Å². The molecule has 1 heterocycles. The van der Waals surface area contributed by atoms with E-state index in [0.29, 0.717) is 24.2 Å². The molecule has 2 aromatic rings. The molecular formula is C13H16FN5O. The van der Waals surface area contributed by atoms with Gasteiger partial charge >= 0.3 is 0 Å². The largest absolute Gasteiger partial charge is 0.409 e. The molecule has 0 aliphatic rings. The number of nitrogens with two attached hydrogens (primary N) is 1. The van der Waals surface area contributed by atoms with Gasteiger partial charge in [0, 0.05) is 36.6 Å². The molecule has 0 amide bonds. The molecule has 4 N–H and O–H groups in total. The maximum absolute atomic E-state index is 13.8. The molecule has 0 aliphatic carbocycles. The lowest BCUT2D eigenvalue weighted by Gasteiger charge is -2.07. The Hall–Kier alpha value is -2.41. The minimum absolute atomic E-state index is 0.109. The lowest BCUT2D eigenvalue weighted by Crippen LogP contribution is -2.20. The fourth-order valence-electron chi connectivity index (χ4n) is 1.76. The number of halogens is 1. The van der Waals surface area contributed by atoms with E-state index < -0.39 is 0 Å². The van der Waals surface area contributed by atoms with E-state index in [4.69, 9.17) is 10.9 Å². The number of hydrogen-bond donors (Lipinski definition) is 3. The Labute approximate surface area is 115 Å². The van der Waals surface area contributed by atoms with Crippen molar-refractivity contribution in [2.45, 2.75) is 13.1 Å². The van der Waals surface area contributed by atoms with Gasteiger partial charge in [-0.15, -0.1) is 0 Å². The number of nitrogens with one attached hydrogen (secondary N) is 1. The first-order chi connectivity index (χ1) is 9.70. The number of rotatable bonds is 6. The number of aromatic nitrogens is 2. The van der Waals surface area contributed by atoms with Crippen LogP contribution in [0, 0.1) is 5.82 Å². The molecule has 0 spiro atoms. The quantitative estimate of drug-likeness (QED) is 0.241. The summed E-state index contributed by atoms with van der Waals surface area (Å²) < 4.78 is 15.6. The highest BCUT2D eigenvalue weighted by Gasteiger charge is 2.06. The summed E-state index contributed by atoms with van der Waals surface area (Å²) in [6, 6.07) is 6.33. The third kappa shape index (κ3) is 3.55. The van der Waals surface area contributed by atoms with Crippen LogP contribution in [-0.2, 0) is 13.1 Å². The summed E-state index contributed by atoms with van der Waals surface area (Å²) in [5.41, 5.74) is 6.28. The number of hydrogen-bond acceptors (Lipinski definition) is 4. The minimum atomic E-state index is -0.388. The third-order valence-electron chi connectivity index (χ3n) is 2.85. The van der Waals surface area contributed by atoms with Gasteiger partial charge in [0.1, 0.15) is 5.82 Å². The second-order valence-electron chi connectivity index (χ2n) is 4.24. The topological polar surface area (TPSA) is 88.5 Å². The van der Waals surface area contributed by atoms with Crippen molar-refractivity contribution in [1.29, 1.82) is 0 Å². The van der Waals surface area contributed by atoms with Crippen LogP contribution in [0.25, 0.3) is 0 Å².